The van der Waals surface area contributed by atoms with Crippen molar-refractivity contribution in [2.24, 2.45) is 11.8 Å². The summed E-state index contributed by atoms with van der Waals surface area (Å²) in [4.78, 5) is 2.49. The van der Waals surface area contributed by atoms with Crippen molar-refractivity contribution in [1.82, 2.24) is 10.2 Å². The van der Waals surface area contributed by atoms with Crippen molar-refractivity contribution in [3.05, 3.63) is 0 Å². The van der Waals surface area contributed by atoms with Crippen LogP contribution in [0.1, 0.15) is 45.4 Å². The number of rotatable bonds is 8. The zero-order valence-corrected chi connectivity index (χ0v) is 12.1. The molecule has 2 atom stereocenters. The van der Waals surface area contributed by atoms with Gasteiger partial charge in [-0.05, 0) is 37.6 Å². The SMILES string of the molecule is CCCCN1CC(CC2CC2)CC(NCC(F)F)C1. The van der Waals surface area contributed by atoms with Crippen LogP contribution in [-0.2, 0) is 0 Å². The first kappa shape index (κ1) is 15.2. The van der Waals surface area contributed by atoms with Gasteiger partial charge in [0.1, 0.15) is 0 Å². The molecule has 1 aliphatic heterocycles. The van der Waals surface area contributed by atoms with Crippen molar-refractivity contribution in [3.63, 3.8) is 0 Å². The van der Waals surface area contributed by atoms with E-state index in [4.69, 9.17) is 0 Å². The number of nitrogens with one attached hydrogen (secondary N) is 1. The molecule has 4 heteroatoms. The van der Waals surface area contributed by atoms with Crippen molar-refractivity contribution in [2.75, 3.05) is 26.2 Å². The topological polar surface area (TPSA) is 15.3 Å². The quantitative estimate of drug-likeness (QED) is 0.731. The van der Waals surface area contributed by atoms with Crippen molar-refractivity contribution in [1.29, 1.82) is 0 Å². The first-order valence-electron chi connectivity index (χ1n) is 7.91. The van der Waals surface area contributed by atoms with E-state index in [0.717, 1.165) is 25.4 Å². The minimum absolute atomic E-state index is 0.150. The molecule has 0 bridgehead atoms. The fraction of sp³-hybridized carbons (Fsp3) is 1.00. The second kappa shape index (κ2) is 7.53. The van der Waals surface area contributed by atoms with Crippen LogP contribution in [-0.4, -0.2) is 43.5 Å². The molecule has 0 amide bonds. The molecular formula is C15H28F2N2. The molecule has 19 heavy (non-hydrogen) atoms. The van der Waals surface area contributed by atoms with Gasteiger partial charge in [-0.2, -0.15) is 0 Å². The van der Waals surface area contributed by atoms with Gasteiger partial charge in [-0.3, -0.25) is 0 Å². The normalized spacial score (nSPS) is 29.1. The Morgan fingerprint density at radius 3 is 2.63 bits per heavy atom. The lowest BCUT2D eigenvalue weighted by atomic mass is 9.89. The molecule has 1 saturated carbocycles. The number of halogens is 2. The van der Waals surface area contributed by atoms with Gasteiger partial charge >= 0.3 is 0 Å². The van der Waals surface area contributed by atoms with Crippen LogP contribution < -0.4 is 5.32 Å². The van der Waals surface area contributed by atoms with Crippen LogP contribution in [0.3, 0.4) is 0 Å². The highest BCUT2D eigenvalue weighted by atomic mass is 19.3. The van der Waals surface area contributed by atoms with E-state index in [1.807, 2.05) is 0 Å². The van der Waals surface area contributed by atoms with E-state index in [1.54, 1.807) is 0 Å². The van der Waals surface area contributed by atoms with Gasteiger partial charge in [-0.15, -0.1) is 0 Å². The van der Waals surface area contributed by atoms with Gasteiger partial charge < -0.3 is 10.2 Å². The number of likely N-dealkylation sites (tertiary alicyclic amines) is 1. The maximum atomic E-state index is 12.3. The van der Waals surface area contributed by atoms with Crippen molar-refractivity contribution >= 4 is 0 Å². The molecule has 0 radical (unpaired) electrons. The molecule has 112 valence electrons. The average Bonchev–Trinajstić information content (AvgIpc) is 3.17. The Kier molecular flexibility index (Phi) is 6.02. The smallest absolute Gasteiger partial charge is 0.250 e. The Hall–Kier alpha value is -0.220. The van der Waals surface area contributed by atoms with Crippen molar-refractivity contribution in [3.8, 4) is 0 Å². The number of piperidine rings is 1. The third kappa shape index (κ3) is 5.74. The number of hydrogen-bond donors (Lipinski definition) is 1. The third-order valence-electron chi connectivity index (χ3n) is 4.37. The van der Waals surface area contributed by atoms with Crippen LogP contribution in [0.2, 0.25) is 0 Å². The zero-order chi connectivity index (χ0) is 13.7. The lowest BCUT2D eigenvalue weighted by Crippen LogP contribution is -2.50. The molecule has 0 aromatic heterocycles. The molecule has 1 heterocycles. The van der Waals surface area contributed by atoms with Crippen molar-refractivity contribution < 1.29 is 8.78 Å². The van der Waals surface area contributed by atoms with Crippen LogP contribution >= 0.6 is 0 Å². The number of alkyl halides is 2. The second-order valence-electron chi connectivity index (χ2n) is 6.39. The molecule has 0 aromatic carbocycles. The Balaban J connectivity index is 1.79. The fourth-order valence-corrected chi connectivity index (χ4v) is 3.27. The van der Waals surface area contributed by atoms with Crippen LogP contribution in [0.15, 0.2) is 0 Å². The average molecular weight is 274 g/mol. The van der Waals surface area contributed by atoms with Crippen LogP contribution in [0, 0.1) is 11.8 Å². The summed E-state index contributed by atoms with van der Waals surface area (Å²) in [5.41, 5.74) is 0. The highest BCUT2D eigenvalue weighted by Crippen LogP contribution is 2.37. The maximum Gasteiger partial charge on any atom is 0.250 e. The van der Waals surface area contributed by atoms with Gasteiger partial charge in [0.25, 0.3) is 6.43 Å². The summed E-state index contributed by atoms with van der Waals surface area (Å²) in [7, 11) is 0. The molecule has 0 aromatic rings. The van der Waals surface area contributed by atoms with E-state index < -0.39 is 6.43 Å². The molecule has 0 spiro atoms. The molecule has 1 aliphatic carbocycles. The molecule has 2 nitrogen and oxygen atoms in total. The molecule has 1 saturated heterocycles. The van der Waals surface area contributed by atoms with Crippen LogP contribution in [0.4, 0.5) is 8.78 Å². The largest absolute Gasteiger partial charge is 0.307 e. The van der Waals surface area contributed by atoms with Gasteiger partial charge in [0.2, 0.25) is 0 Å². The lowest BCUT2D eigenvalue weighted by Gasteiger charge is -2.38. The third-order valence-corrected chi connectivity index (χ3v) is 4.37. The summed E-state index contributed by atoms with van der Waals surface area (Å²) in [5.74, 6) is 1.65. The van der Waals surface area contributed by atoms with Gasteiger partial charge in [0.15, 0.2) is 0 Å². The van der Waals surface area contributed by atoms with Crippen LogP contribution in [0.5, 0.6) is 0 Å². The lowest BCUT2D eigenvalue weighted by molar-refractivity contribution is 0.104. The predicted molar refractivity (Wildman–Crippen MR) is 74.6 cm³/mol. The van der Waals surface area contributed by atoms with Gasteiger partial charge in [-0.25, -0.2) is 8.78 Å². The van der Waals surface area contributed by atoms with E-state index in [9.17, 15) is 8.78 Å². The molecular weight excluding hydrogens is 246 g/mol. The van der Waals surface area contributed by atoms with Gasteiger partial charge in [0.05, 0.1) is 6.54 Å². The molecule has 2 aliphatic rings. The Labute approximate surface area is 115 Å². The first-order valence-corrected chi connectivity index (χ1v) is 7.91. The highest BCUT2D eigenvalue weighted by Gasteiger charge is 2.31. The van der Waals surface area contributed by atoms with E-state index in [0.29, 0.717) is 5.92 Å². The fourth-order valence-electron chi connectivity index (χ4n) is 3.27. The minimum atomic E-state index is -2.23. The molecule has 1 N–H and O–H groups in total. The van der Waals surface area contributed by atoms with E-state index >= 15 is 0 Å². The number of hydrogen-bond acceptors (Lipinski definition) is 2. The molecule has 2 unspecified atom stereocenters. The Morgan fingerprint density at radius 1 is 1.21 bits per heavy atom. The van der Waals surface area contributed by atoms with Gasteiger partial charge in [0, 0.05) is 19.1 Å². The summed E-state index contributed by atoms with van der Waals surface area (Å²) >= 11 is 0. The monoisotopic (exact) mass is 274 g/mol. The van der Waals surface area contributed by atoms with Crippen LogP contribution in [0.25, 0.3) is 0 Å². The highest BCUT2D eigenvalue weighted by molar-refractivity contribution is 4.87. The summed E-state index contributed by atoms with van der Waals surface area (Å²) in [6.45, 7) is 5.32. The Bertz CT molecular complexity index is 257. The summed E-state index contributed by atoms with van der Waals surface area (Å²) < 4.78 is 24.7. The summed E-state index contributed by atoms with van der Waals surface area (Å²) in [6, 6.07) is 0.267. The minimum Gasteiger partial charge on any atom is -0.307 e. The van der Waals surface area contributed by atoms with E-state index in [2.05, 4.69) is 17.1 Å². The first-order chi connectivity index (χ1) is 9.17. The number of unbranched alkanes of at least 4 members (excludes halogenated alkanes) is 1. The maximum absolute atomic E-state index is 12.3. The predicted octanol–water partition coefficient (Wildman–Crippen LogP) is 3.13. The van der Waals surface area contributed by atoms with Gasteiger partial charge in [-0.1, -0.05) is 26.2 Å². The van der Waals surface area contributed by atoms with Crippen molar-refractivity contribution in [2.45, 2.75) is 57.9 Å². The molecule has 2 fully saturated rings. The Morgan fingerprint density at radius 2 is 2.00 bits per heavy atom. The second-order valence-corrected chi connectivity index (χ2v) is 6.39. The van der Waals surface area contributed by atoms with E-state index in [1.165, 1.54) is 38.6 Å². The number of nitrogens with zero attached hydrogens (tertiary/aromatic N) is 1. The summed E-state index contributed by atoms with van der Waals surface area (Å²) in [6.07, 6.45) is 5.38. The summed E-state index contributed by atoms with van der Waals surface area (Å²) in [5, 5.41) is 3.06. The zero-order valence-electron chi connectivity index (χ0n) is 12.1. The standard InChI is InChI=1S/C15H28F2N2/c1-2-3-6-19-10-13(7-12-4-5-12)8-14(11-19)18-9-15(16)17/h12-15,18H,2-11H2,1H3. The van der Waals surface area contributed by atoms with E-state index in [-0.39, 0.29) is 12.6 Å². The molecule has 2 rings (SSSR count).